The lowest BCUT2D eigenvalue weighted by Crippen LogP contribution is -2.00. The Balaban J connectivity index is 2.26. The molecule has 0 amide bonds. The molecule has 0 aliphatic rings. The SMILES string of the molecule is COC(=O)c1ccc(Sc2ccc(O)cc2[N+](=O)[O-])cc1. The van der Waals surface area contributed by atoms with Crippen molar-refractivity contribution in [1.82, 2.24) is 0 Å². The minimum absolute atomic E-state index is 0.160. The fourth-order valence-corrected chi connectivity index (χ4v) is 2.54. The van der Waals surface area contributed by atoms with Gasteiger partial charge in [0.15, 0.2) is 0 Å². The molecule has 0 aliphatic carbocycles. The van der Waals surface area contributed by atoms with Gasteiger partial charge < -0.3 is 9.84 Å². The Morgan fingerprint density at radius 2 is 1.90 bits per heavy atom. The van der Waals surface area contributed by atoms with E-state index in [4.69, 9.17) is 0 Å². The Hall–Kier alpha value is -2.54. The number of ether oxygens (including phenoxy) is 1. The number of carbonyl (C=O) groups excluding carboxylic acids is 1. The van der Waals surface area contributed by atoms with Crippen LogP contribution in [-0.4, -0.2) is 23.1 Å². The molecular weight excluding hydrogens is 294 g/mol. The largest absolute Gasteiger partial charge is 0.508 e. The number of carbonyl (C=O) groups is 1. The number of nitro groups is 1. The van der Waals surface area contributed by atoms with Crippen molar-refractivity contribution in [1.29, 1.82) is 0 Å². The van der Waals surface area contributed by atoms with E-state index in [2.05, 4.69) is 4.74 Å². The smallest absolute Gasteiger partial charge is 0.337 e. The third-order valence-corrected chi connectivity index (χ3v) is 3.72. The summed E-state index contributed by atoms with van der Waals surface area (Å²) in [7, 11) is 1.30. The van der Waals surface area contributed by atoms with Crippen LogP contribution < -0.4 is 0 Å². The molecule has 108 valence electrons. The van der Waals surface area contributed by atoms with E-state index in [-0.39, 0.29) is 11.4 Å². The highest BCUT2D eigenvalue weighted by Crippen LogP contribution is 2.36. The molecule has 21 heavy (non-hydrogen) atoms. The van der Waals surface area contributed by atoms with E-state index in [1.807, 2.05) is 0 Å². The summed E-state index contributed by atoms with van der Waals surface area (Å²) >= 11 is 1.17. The average molecular weight is 305 g/mol. The molecular formula is C14H11NO5S. The van der Waals surface area contributed by atoms with Gasteiger partial charge in [0.25, 0.3) is 5.69 Å². The minimum Gasteiger partial charge on any atom is -0.508 e. The standard InChI is InChI=1S/C14H11NO5S/c1-20-14(17)9-2-5-11(6-3-9)21-13-7-4-10(16)8-12(13)15(18)19/h2-8,16H,1H3. The van der Waals surface area contributed by atoms with E-state index >= 15 is 0 Å². The maximum absolute atomic E-state index is 11.3. The van der Waals surface area contributed by atoms with Gasteiger partial charge >= 0.3 is 5.97 Å². The Morgan fingerprint density at radius 1 is 1.24 bits per heavy atom. The van der Waals surface area contributed by atoms with Gasteiger partial charge in [-0.1, -0.05) is 11.8 Å². The van der Waals surface area contributed by atoms with Gasteiger partial charge in [-0.3, -0.25) is 10.1 Å². The van der Waals surface area contributed by atoms with Crippen LogP contribution >= 0.6 is 11.8 Å². The fourth-order valence-electron chi connectivity index (χ4n) is 1.64. The van der Waals surface area contributed by atoms with Gasteiger partial charge in [-0.25, -0.2) is 4.79 Å². The molecule has 0 aliphatic heterocycles. The lowest BCUT2D eigenvalue weighted by Gasteiger charge is -2.04. The Kier molecular flexibility index (Phi) is 4.44. The van der Waals surface area contributed by atoms with Crippen molar-refractivity contribution < 1.29 is 19.6 Å². The molecule has 0 saturated heterocycles. The molecule has 0 saturated carbocycles. The summed E-state index contributed by atoms with van der Waals surface area (Å²) in [5.41, 5.74) is 0.235. The maximum Gasteiger partial charge on any atom is 0.337 e. The van der Waals surface area contributed by atoms with Gasteiger partial charge in [-0.05, 0) is 36.4 Å². The van der Waals surface area contributed by atoms with E-state index in [1.54, 1.807) is 24.3 Å². The molecule has 1 N–H and O–H groups in total. The number of hydrogen-bond acceptors (Lipinski definition) is 6. The zero-order valence-electron chi connectivity index (χ0n) is 11.0. The summed E-state index contributed by atoms with van der Waals surface area (Å²) in [4.78, 5) is 22.9. The van der Waals surface area contributed by atoms with Crippen LogP contribution in [-0.2, 0) is 4.74 Å². The summed E-state index contributed by atoms with van der Waals surface area (Å²) in [6.07, 6.45) is 0. The fraction of sp³-hybridized carbons (Fsp3) is 0.0714. The number of nitrogens with zero attached hydrogens (tertiary/aromatic N) is 1. The van der Waals surface area contributed by atoms with E-state index in [0.29, 0.717) is 10.5 Å². The zero-order chi connectivity index (χ0) is 15.4. The van der Waals surface area contributed by atoms with Gasteiger partial charge in [-0.2, -0.15) is 0 Å². The predicted molar refractivity (Wildman–Crippen MR) is 76.7 cm³/mol. The number of phenols is 1. The number of phenolic OH excluding ortho intramolecular Hbond substituents is 1. The van der Waals surface area contributed by atoms with E-state index in [0.717, 1.165) is 11.0 Å². The van der Waals surface area contributed by atoms with Crippen molar-refractivity contribution in [2.45, 2.75) is 9.79 Å². The Labute approximate surface area is 124 Å². The second kappa shape index (κ2) is 6.27. The molecule has 0 unspecified atom stereocenters. The predicted octanol–water partition coefficient (Wildman–Crippen LogP) is 3.24. The molecule has 2 aromatic rings. The number of aromatic hydroxyl groups is 1. The third-order valence-electron chi connectivity index (χ3n) is 2.64. The normalized spacial score (nSPS) is 10.1. The van der Waals surface area contributed by atoms with Crippen LogP contribution in [0.4, 0.5) is 5.69 Å². The topological polar surface area (TPSA) is 89.7 Å². The van der Waals surface area contributed by atoms with Crippen LogP contribution in [0.3, 0.4) is 0 Å². The molecule has 0 heterocycles. The summed E-state index contributed by atoms with van der Waals surface area (Å²) in [5.74, 6) is -0.603. The van der Waals surface area contributed by atoms with Crippen molar-refractivity contribution in [2.24, 2.45) is 0 Å². The first-order valence-electron chi connectivity index (χ1n) is 5.85. The Bertz CT molecular complexity index is 684. The molecule has 6 nitrogen and oxygen atoms in total. The van der Waals surface area contributed by atoms with Crippen LogP contribution in [0.15, 0.2) is 52.3 Å². The first kappa shape index (κ1) is 14.9. The van der Waals surface area contributed by atoms with Gasteiger partial charge in [0, 0.05) is 4.90 Å². The van der Waals surface area contributed by atoms with Gasteiger partial charge in [0.1, 0.15) is 5.75 Å². The first-order chi connectivity index (χ1) is 10.0. The molecule has 0 fully saturated rings. The molecule has 0 radical (unpaired) electrons. The molecule has 2 aromatic carbocycles. The Morgan fingerprint density at radius 3 is 2.48 bits per heavy atom. The summed E-state index contributed by atoms with van der Waals surface area (Å²) < 4.78 is 4.60. The lowest BCUT2D eigenvalue weighted by atomic mass is 10.2. The second-order valence-electron chi connectivity index (χ2n) is 4.03. The van der Waals surface area contributed by atoms with Crippen LogP contribution in [0.5, 0.6) is 5.75 Å². The molecule has 0 bridgehead atoms. The molecule has 7 heteroatoms. The second-order valence-corrected chi connectivity index (χ2v) is 5.14. The van der Waals surface area contributed by atoms with E-state index < -0.39 is 10.9 Å². The highest BCUT2D eigenvalue weighted by atomic mass is 32.2. The summed E-state index contributed by atoms with van der Waals surface area (Å²) in [5, 5.41) is 20.3. The first-order valence-corrected chi connectivity index (χ1v) is 6.66. The van der Waals surface area contributed by atoms with Crippen LogP contribution in [0.25, 0.3) is 0 Å². The molecule has 0 aromatic heterocycles. The number of nitro benzene ring substituents is 1. The van der Waals surface area contributed by atoms with E-state index in [1.165, 1.54) is 31.0 Å². The number of methoxy groups -OCH3 is 1. The van der Waals surface area contributed by atoms with Crippen molar-refractivity contribution in [3.63, 3.8) is 0 Å². The number of rotatable bonds is 4. The average Bonchev–Trinajstić information content (AvgIpc) is 2.49. The number of esters is 1. The highest BCUT2D eigenvalue weighted by Gasteiger charge is 2.16. The van der Waals surface area contributed by atoms with Crippen LogP contribution in [0.2, 0.25) is 0 Å². The van der Waals surface area contributed by atoms with Crippen LogP contribution in [0, 0.1) is 10.1 Å². The zero-order valence-corrected chi connectivity index (χ0v) is 11.8. The summed E-state index contributed by atoms with van der Waals surface area (Å²) in [6, 6.07) is 10.5. The maximum atomic E-state index is 11.3. The number of benzene rings is 2. The van der Waals surface area contributed by atoms with Crippen molar-refractivity contribution >= 4 is 23.4 Å². The molecule has 2 rings (SSSR count). The molecule has 0 spiro atoms. The van der Waals surface area contributed by atoms with Gasteiger partial charge in [0.2, 0.25) is 0 Å². The number of hydrogen-bond donors (Lipinski definition) is 1. The van der Waals surface area contributed by atoms with Gasteiger partial charge in [0.05, 0.1) is 28.6 Å². The minimum atomic E-state index is -0.551. The van der Waals surface area contributed by atoms with E-state index in [9.17, 15) is 20.0 Å². The quantitative estimate of drug-likeness (QED) is 0.530. The van der Waals surface area contributed by atoms with Crippen molar-refractivity contribution in [2.75, 3.05) is 7.11 Å². The van der Waals surface area contributed by atoms with Crippen LogP contribution in [0.1, 0.15) is 10.4 Å². The van der Waals surface area contributed by atoms with Gasteiger partial charge in [-0.15, -0.1) is 0 Å². The third kappa shape index (κ3) is 3.51. The highest BCUT2D eigenvalue weighted by molar-refractivity contribution is 7.99. The monoisotopic (exact) mass is 305 g/mol. The van der Waals surface area contributed by atoms with Crippen molar-refractivity contribution in [3.05, 3.63) is 58.1 Å². The lowest BCUT2D eigenvalue weighted by molar-refractivity contribution is -0.387. The molecule has 0 atom stereocenters. The summed E-state index contributed by atoms with van der Waals surface area (Å²) in [6.45, 7) is 0. The van der Waals surface area contributed by atoms with Crippen molar-refractivity contribution in [3.8, 4) is 5.75 Å².